The Morgan fingerprint density at radius 2 is 2.40 bits per heavy atom. The van der Waals surface area contributed by atoms with Gasteiger partial charge in [0.2, 0.25) is 0 Å². The number of nitrogens with one attached hydrogen (secondary N) is 1. The first-order valence-electron chi connectivity index (χ1n) is 4.95. The number of thiophene rings is 1. The second kappa shape index (κ2) is 4.10. The van der Waals surface area contributed by atoms with Crippen molar-refractivity contribution in [3.63, 3.8) is 0 Å². The molecule has 1 aliphatic rings. The molecule has 5 heteroatoms. The minimum atomic E-state index is -0.362. The van der Waals surface area contributed by atoms with Gasteiger partial charge in [-0.1, -0.05) is 0 Å². The summed E-state index contributed by atoms with van der Waals surface area (Å²) in [5, 5.41) is 4.31. The number of hydrogen-bond acceptors (Lipinski definition) is 5. The topological polar surface area (TPSA) is 64.3 Å². The highest BCUT2D eigenvalue weighted by molar-refractivity contribution is 7.18. The van der Waals surface area contributed by atoms with Crippen molar-refractivity contribution in [2.75, 3.05) is 18.2 Å². The molecule has 2 rings (SSSR count). The summed E-state index contributed by atoms with van der Waals surface area (Å²) in [6.07, 6.45) is 3.68. The van der Waals surface area contributed by atoms with E-state index in [1.165, 1.54) is 37.7 Å². The third-order valence-electron chi connectivity index (χ3n) is 2.58. The van der Waals surface area contributed by atoms with E-state index in [2.05, 4.69) is 10.1 Å². The van der Waals surface area contributed by atoms with Crippen LogP contribution in [-0.4, -0.2) is 19.1 Å². The maximum Gasteiger partial charge on any atom is 0.350 e. The summed E-state index contributed by atoms with van der Waals surface area (Å²) in [4.78, 5) is 11.8. The molecular formula is C10H14N2O2S. The van der Waals surface area contributed by atoms with Gasteiger partial charge in [0.25, 0.3) is 0 Å². The highest BCUT2D eigenvalue weighted by Crippen LogP contribution is 2.32. The van der Waals surface area contributed by atoms with Crippen molar-refractivity contribution >= 4 is 28.0 Å². The summed E-state index contributed by atoms with van der Waals surface area (Å²) < 4.78 is 4.64. The Labute approximate surface area is 92.4 Å². The van der Waals surface area contributed by atoms with E-state index in [1.807, 2.05) is 0 Å². The zero-order valence-electron chi connectivity index (χ0n) is 8.58. The molecule has 0 spiro atoms. The number of methoxy groups -OCH3 is 1. The quantitative estimate of drug-likeness (QED) is 0.774. The van der Waals surface area contributed by atoms with Gasteiger partial charge < -0.3 is 15.8 Å². The predicted octanol–water partition coefficient (Wildman–Crippen LogP) is 2.08. The van der Waals surface area contributed by atoms with Crippen molar-refractivity contribution in [3.8, 4) is 0 Å². The Kier molecular flexibility index (Phi) is 2.81. The Balaban J connectivity index is 2.09. The summed E-state index contributed by atoms with van der Waals surface area (Å²) in [6, 6.07) is 2.35. The smallest absolute Gasteiger partial charge is 0.350 e. The molecule has 0 bridgehead atoms. The van der Waals surface area contributed by atoms with Crippen LogP contribution < -0.4 is 11.1 Å². The molecule has 0 amide bonds. The minimum absolute atomic E-state index is 0.362. The van der Waals surface area contributed by atoms with E-state index in [-0.39, 0.29) is 5.97 Å². The molecular weight excluding hydrogens is 212 g/mol. The third-order valence-corrected chi connectivity index (χ3v) is 3.65. The number of nitrogens with two attached hydrogens (primary N) is 1. The molecule has 1 saturated carbocycles. The maximum absolute atomic E-state index is 11.3. The van der Waals surface area contributed by atoms with Gasteiger partial charge in [0.05, 0.1) is 17.8 Å². The highest BCUT2D eigenvalue weighted by Gasteiger charge is 2.20. The highest BCUT2D eigenvalue weighted by atomic mass is 32.1. The van der Waals surface area contributed by atoms with Crippen molar-refractivity contribution in [1.29, 1.82) is 0 Å². The molecule has 1 aromatic rings. The van der Waals surface area contributed by atoms with Gasteiger partial charge in [-0.05, 0) is 25.3 Å². The Morgan fingerprint density at radius 1 is 1.67 bits per heavy atom. The van der Waals surface area contributed by atoms with E-state index in [0.717, 1.165) is 5.00 Å². The van der Waals surface area contributed by atoms with E-state index < -0.39 is 0 Å². The van der Waals surface area contributed by atoms with E-state index >= 15 is 0 Å². The molecule has 1 fully saturated rings. The fourth-order valence-electron chi connectivity index (χ4n) is 1.48. The van der Waals surface area contributed by atoms with Gasteiger partial charge in [0, 0.05) is 6.04 Å². The van der Waals surface area contributed by atoms with E-state index in [4.69, 9.17) is 5.73 Å². The van der Waals surface area contributed by atoms with Gasteiger partial charge in [-0.3, -0.25) is 0 Å². The van der Waals surface area contributed by atoms with Crippen LogP contribution in [0.2, 0.25) is 0 Å². The molecule has 3 N–H and O–H groups in total. The molecule has 0 aliphatic heterocycles. The first-order valence-corrected chi connectivity index (χ1v) is 5.76. The Hall–Kier alpha value is -1.23. The lowest BCUT2D eigenvalue weighted by atomic mass is 9.93. The molecule has 1 aromatic heterocycles. The molecule has 15 heavy (non-hydrogen) atoms. The van der Waals surface area contributed by atoms with E-state index in [0.29, 0.717) is 16.6 Å². The minimum Gasteiger partial charge on any atom is -0.465 e. The largest absolute Gasteiger partial charge is 0.465 e. The molecule has 0 aromatic carbocycles. The summed E-state index contributed by atoms with van der Waals surface area (Å²) in [7, 11) is 1.36. The first-order chi connectivity index (χ1) is 7.20. The van der Waals surface area contributed by atoms with Gasteiger partial charge in [-0.25, -0.2) is 4.79 Å². The zero-order valence-corrected chi connectivity index (χ0v) is 9.39. The number of carbonyl (C=O) groups excluding carboxylic acids is 1. The number of hydrogen-bond donors (Lipinski definition) is 2. The number of anilines is 2. The monoisotopic (exact) mass is 226 g/mol. The summed E-state index contributed by atoms with van der Waals surface area (Å²) in [5.74, 6) is -0.362. The van der Waals surface area contributed by atoms with E-state index in [9.17, 15) is 4.79 Å². The average molecular weight is 226 g/mol. The van der Waals surface area contributed by atoms with Crippen LogP contribution in [0.15, 0.2) is 6.07 Å². The number of rotatable bonds is 3. The third kappa shape index (κ3) is 2.07. The lowest BCUT2D eigenvalue weighted by Gasteiger charge is -2.26. The van der Waals surface area contributed by atoms with Crippen molar-refractivity contribution in [1.82, 2.24) is 0 Å². The summed E-state index contributed by atoms with van der Waals surface area (Å²) in [5.41, 5.74) is 6.22. The molecule has 0 atom stereocenters. The van der Waals surface area contributed by atoms with Crippen molar-refractivity contribution in [3.05, 3.63) is 10.9 Å². The molecule has 0 unspecified atom stereocenters. The molecule has 0 radical (unpaired) electrons. The average Bonchev–Trinajstić information content (AvgIpc) is 2.52. The first kappa shape index (κ1) is 10.3. The molecule has 82 valence electrons. The summed E-state index contributed by atoms with van der Waals surface area (Å²) >= 11 is 1.36. The normalized spacial score (nSPS) is 15.8. The number of carbonyl (C=O) groups is 1. The van der Waals surface area contributed by atoms with Crippen LogP contribution >= 0.6 is 11.3 Å². The van der Waals surface area contributed by atoms with Gasteiger partial charge in [-0.15, -0.1) is 11.3 Å². The second-order valence-corrected chi connectivity index (χ2v) is 4.71. The van der Waals surface area contributed by atoms with Crippen LogP contribution in [0.5, 0.6) is 0 Å². The van der Waals surface area contributed by atoms with Gasteiger partial charge in [0.15, 0.2) is 0 Å². The zero-order chi connectivity index (χ0) is 10.8. The standard InChI is InChI=1S/C10H14N2O2S/c1-14-10(13)9-7(11)5-8(15-9)12-6-3-2-4-6/h5-6,12H,2-4,11H2,1H3. The van der Waals surface area contributed by atoms with Gasteiger partial charge in [-0.2, -0.15) is 0 Å². The van der Waals surface area contributed by atoms with Crippen LogP contribution in [-0.2, 0) is 4.74 Å². The maximum atomic E-state index is 11.3. The number of nitrogen functional groups attached to an aromatic ring is 1. The van der Waals surface area contributed by atoms with Crippen LogP contribution in [0.1, 0.15) is 28.9 Å². The van der Waals surface area contributed by atoms with Crippen LogP contribution in [0.4, 0.5) is 10.7 Å². The van der Waals surface area contributed by atoms with Crippen LogP contribution in [0, 0.1) is 0 Å². The molecule has 1 heterocycles. The lowest BCUT2D eigenvalue weighted by Crippen LogP contribution is -2.26. The molecule has 0 saturated heterocycles. The van der Waals surface area contributed by atoms with Crippen molar-refractivity contribution in [2.45, 2.75) is 25.3 Å². The summed E-state index contributed by atoms with van der Waals surface area (Å²) in [6.45, 7) is 0. The predicted molar refractivity (Wildman–Crippen MR) is 61.3 cm³/mol. The van der Waals surface area contributed by atoms with Gasteiger partial charge in [0.1, 0.15) is 4.88 Å². The van der Waals surface area contributed by atoms with E-state index in [1.54, 1.807) is 6.07 Å². The fraction of sp³-hybridized carbons (Fsp3) is 0.500. The van der Waals surface area contributed by atoms with Crippen LogP contribution in [0.3, 0.4) is 0 Å². The van der Waals surface area contributed by atoms with Crippen molar-refractivity contribution in [2.24, 2.45) is 0 Å². The molecule has 4 nitrogen and oxygen atoms in total. The van der Waals surface area contributed by atoms with Crippen molar-refractivity contribution < 1.29 is 9.53 Å². The number of ether oxygens (including phenoxy) is 1. The number of esters is 1. The fourth-order valence-corrected chi connectivity index (χ4v) is 2.46. The van der Waals surface area contributed by atoms with Gasteiger partial charge >= 0.3 is 5.97 Å². The van der Waals surface area contributed by atoms with Crippen LogP contribution in [0.25, 0.3) is 0 Å². The second-order valence-electron chi connectivity index (χ2n) is 3.66. The SMILES string of the molecule is COC(=O)c1sc(NC2CCC2)cc1N. The Morgan fingerprint density at radius 3 is 2.93 bits per heavy atom. The lowest BCUT2D eigenvalue weighted by molar-refractivity contribution is 0.0607. The molecule has 1 aliphatic carbocycles. The Bertz CT molecular complexity index is 371.